The maximum Gasteiger partial charge on any atom is 0.336 e. The number of halogens is 1. The largest absolute Gasteiger partial charge is 0.478 e. The molecule has 2 N–H and O–H groups in total. The van der Waals surface area contributed by atoms with E-state index >= 15 is 0 Å². The Morgan fingerprint density at radius 3 is 2.33 bits per heavy atom. The van der Waals surface area contributed by atoms with Gasteiger partial charge < -0.3 is 10.4 Å². The minimum absolute atomic E-state index is 0.167. The first kappa shape index (κ1) is 15.1. The maximum atomic E-state index is 12.2. The van der Waals surface area contributed by atoms with Crippen LogP contribution >= 0.6 is 11.6 Å². The summed E-state index contributed by atoms with van der Waals surface area (Å²) in [6.45, 7) is 3.50. The molecule has 0 saturated carbocycles. The number of carbonyl (C=O) groups is 2. The highest BCUT2D eigenvalue weighted by Crippen LogP contribution is 2.19. The van der Waals surface area contributed by atoms with Crippen LogP contribution in [-0.2, 0) is 0 Å². The lowest BCUT2D eigenvalue weighted by Gasteiger charge is -2.09. The van der Waals surface area contributed by atoms with Gasteiger partial charge in [0.05, 0.1) is 5.56 Å². The SMILES string of the molecule is Cc1ccc(NC(=O)c2ccc(Cl)cc2C)cc1C(=O)O. The number of carboxylic acids is 1. The number of amides is 1. The first-order chi connectivity index (χ1) is 9.88. The number of benzene rings is 2. The van der Waals surface area contributed by atoms with Gasteiger partial charge in [0.25, 0.3) is 5.91 Å². The molecule has 0 aliphatic carbocycles. The lowest BCUT2D eigenvalue weighted by molar-refractivity contribution is 0.0695. The quantitative estimate of drug-likeness (QED) is 0.903. The molecule has 0 atom stereocenters. The zero-order valence-corrected chi connectivity index (χ0v) is 12.4. The molecule has 0 spiro atoms. The number of carbonyl (C=O) groups excluding carboxylic acids is 1. The zero-order chi connectivity index (χ0) is 15.6. The van der Waals surface area contributed by atoms with Gasteiger partial charge in [-0.25, -0.2) is 4.79 Å². The van der Waals surface area contributed by atoms with E-state index in [1.54, 1.807) is 44.2 Å². The van der Waals surface area contributed by atoms with Crippen molar-refractivity contribution in [3.05, 3.63) is 63.7 Å². The lowest BCUT2D eigenvalue weighted by Crippen LogP contribution is -2.14. The van der Waals surface area contributed by atoms with Gasteiger partial charge in [-0.2, -0.15) is 0 Å². The van der Waals surface area contributed by atoms with Crippen molar-refractivity contribution in [2.45, 2.75) is 13.8 Å². The smallest absolute Gasteiger partial charge is 0.336 e. The molecule has 2 aromatic carbocycles. The minimum atomic E-state index is -1.02. The molecule has 0 aliphatic rings. The second kappa shape index (κ2) is 5.97. The van der Waals surface area contributed by atoms with Crippen LogP contribution in [0.3, 0.4) is 0 Å². The molecule has 0 aliphatic heterocycles. The molecule has 1 amide bonds. The zero-order valence-electron chi connectivity index (χ0n) is 11.6. The van der Waals surface area contributed by atoms with Crippen molar-refractivity contribution in [3.8, 4) is 0 Å². The molecule has 0 unspecified atom stereocenters. The highest BCUT2D eigenvalue weighted by molar-refractivity contribution is 6.30. The molecule has 4 nitrogen and oxygen atoms in total. The van der Waals surface area contributed by atoms with Gasteiger partial charge in [0.15, 0.2) is 0 Å². The van der Waals surface area contributed by atoms with Crippen LogP contribution in [0.15, 0.2) is 36.4 Å². The Morgan fingerprint density at radius 2 is 1.71 bits per heavy atom. The summed E-state index contributed by atoms with van der Waals surface area (Å²) < 4.78 is 0. The molecule has 21 heavy (non-hydrogen) atoms. The molecule has 0 heterocycles. The highest BCUT2D eigenvalue weighted by Gasteiger charge is 2.12. The van der Waals surface area contributed by atoms with Crippen LogP contribution in [0.1, 0.15) is 31.8 Å². The van der Waals surface area contributed by atoms with Crippen molar-refractivity contribution in [2.75, 3.05) is 5.32 Å². The molecule has 108 valence electrons. The topological polar surface area (TPSA) is 66.4 Å². The van der Waals surface area contributed by atoms with Crippen LogP contribution in [0.5, 0.6) is 0 Å². The van der Waals surface area contributed by atoms with Crippen molar-refractivity contribution in [1.82, 2.24) is 0 Å². The van der Waals surface area contributed by atoms with E-state index in [9.17, 15) is 9.59 Å². The normalized spacial score (nSPS) is 10.2. The van der Waals surface area contributed by atoms with E-state index < -0.39 is 5.97 Å². The first-order valence-electron chi connectivity index (χ1n) is 6.30. The van der Waals surface area contributed by atoms with Crippen molar-refractivity contribution in [3.63, 3.8) is 0 Å². The predicted octanol–water partition coefficient (Wildman–Crippen LogP) is 3.91. The monoisotopic (exact) mass is 303 g/mol. The summed E-state index contributed by atoms with van der Waals surface area (Å²) in [6.07, 6.45) is 0. The molecule has 0 fully saturated rings. The fraction of sp³-hybridized carbons (Fsp3) is 0.125. The lowest BCUT2D eigenvalue weighted by atomic mass is 10.1. The first-order valence-corrected chi connectivity index (χ1v) is 6.67. The molecular weight excluding hydrogens is 290 g/mol. The van der Waals surface area contributed by atoms with Gasteiger partial charge in [0.1, 0.15) is 0 Å². The highest BCUT2D eigenvalue weighted by atomic mass is 35.5. The van der Waals surface area contributed by atoms with Crippen LogP contribution in [0.4, 0.5) is 5.69 Å². The third-order valence-electron chi connectivity index (χ3n) is 3.16. The second-order valence-electron chi connectivity index (χ2n) is 4.75. The molecule has 2 rings (SSSR count). The van der Waals surface area contributed by atoms with Gasteiger partial charge in [0, 0.05) is 16.3 Å². The second-order valence-corrected chi connectivity index (χ2v) is 5.18. The molecule has 5 heteroatoms. The van der Waals surface area contributed by atoms with Gasteiger partial charge in [-0.3, -0.25) is 4.79 Å². The fourth-order valence-corrected chi connectivity index (χ4v) is 2.24. The Bertz CT molecular complexity index is 725. The molecule has 0 bridgehead atoms. The summed E-state index contributed by atoms with van der Waals surface area (Å²) >= 11 is 5.86. The fourth-order valence-electron chi connectivity index (χ4n) is 2.01. The number of anilines is 1. The van der Waals surface area contributed by atoms with Crippen molar-refractivity contribution in [2.24, 2.45) is 0 Å². The minimum Gasteiger partial charge on any atom is -0.478 e. The molecular formula is C16H14ClNO3. The summed E-state index contributed by atoms with van der Waals surface area (Å²) in [5.74, 6) is -1.32. The van der Waals surface area contributed by atoms with Gasteiger partial charge in [-0.05, 0) is 55.3 Å². The molecule has 2 aromatic rings. The Labute approximate surface area is 127 Å². The summed E-state index contributed by atoms with van der Waals surface area (Å²) in [5.41, 5.74) is 2.50. The number of hydrogen-bond acceptors (Lipinski definition) is 2. The van der Waals surface area contributed by atoms with E-state index in [2.05, 4.69) is 5.32 Å². The van der Waals surface area contributed by atoms with Gasteiger partial charge in [-0.15, -0.1) is 0 Å². The molecule has 0 saturated heterocycles. The number of nitrogens with one attached hydrogen (secondary N) is 1. The standard InChI is InChI=1S/C16H14ClNO3/c1-9-3-5-12(8-14(9)16(20)21)18-15(19)13-6-4-11(17)7-10(13)2/h3-8H,1-2H3,(H,18,19)(H,20,21). The third kappa shape index (κ3) is 3.41. The van der Waals surface area contributed by atoms with Gasteiger partial charge >= 0.3 is 5.97 Å². The Morgan fingerprint density at radius 1 is 1.00 bits per heavy atom. The summed E-state index contributed by atoms with van der Waals surface area (Å²) in [5, 5.41) is 12.3. The van der Waals surface area contributed by atoms with E-state index in [0.717, 1.165) is 5.56 Å². The van der Waals surface area contributed by atoms with Gasteiger partial charge in [0.2, 0.25) is 0 Å². The van der Waals surface area contributed by atoms with E-state index in [-0.39, 0.29) is 11.5 Å². The number of aromatic carboxylic acids is 1. The van der Waals surface area contributed by atoms with Crippen LogP contribution < -0.4 is 5.32 Å². The Kier molecular flexibility index (Phi) is 4.29. The van der Waals surface area contributed by atoms with Crippen LogP contribution in [-0.4, -0.2) is 17.0 Å². The maximum absolute atomic E-state index is 12.2. The summed E-state index contributed by atoms with van der Waals surface area (Å²) in [4.78, 5) is 23.3. The number of rotatable bonds is 3. The number of aryl methyl sites for hydroxylation is 2. The van der Waals surface area contributed by atoms with E-state index in [1.807, 2.05) is 0 Å². The molecule has 0 radical (unpaired) electrons. The summed E-state index contributed by atoms with van der Waals surface area (Å²) in [7, 11) is 0. The van der Waals surface area contributed by atoms with Crippen LogP contribution in [0, 0.1) is 13.8 Å². The number of hydrogen-bond donors (Lipinski definition) is 2. The Hall–Kier alpha value is -2.33. The van der Waals surface area contributed by atoms with E-state index in [0.29, 0.717) is 21.8 Å². The van der Waals surface area contributed by atoms with Crippen molar-refractivity contribution < 1.29 is 14.7 Å². The van der Waals surface area contributed by atoms with E-state index in [4.69, 9.17) is 16.7 Å². The number of carboxylic acid groups (broad SMARTS) is 1. The van der Waals surface area contributed by atoms with Crippen molar-refractivity contribution >= 4 is 29.2 Å². The van der Waals surface area contributed by atoms with E-state index in [1.165, 1.54) is 6.07 Å². The van der Waals surface area contributed by atoms with Gasteiger partial charge in [-0.1, -0.05) is 17.7 Å². The average Bonchev–Trinajstić information content (AvgIpc) is 2.40. The predicted molar refractivity (Wildman–Crippen MR) is 82.3 cm³/mol. The summed E-state index contributed by atoms with van der Waals surface area (Å²) in [6, 6.07) is 9.76. The van der Waals surface area contributed by atoms with Crippen LogP contribution in [0.2, 0.25) is 5.02 Å². The Balaban J connectivity index is 2.27. The van der Waals surface area contributed by atoms with Crippen molar-refractivity contribution in [1.29, 1.82) is 0 Å². The third-order valence-corrected chi connectivity index (χ3v) is 3.39. The average molecular weight is 304 g/mol. The van der Waals surface area contributed by atoms with Crippen LogP contribution in [0.25, 0.3) is 0 Å². The molecule has 0 aromatic heterocycles.